The van der Waals surface area contributed by atoms with Gasteiger partial charge in [0.2, 0.25) is 5.78 Å². The molecular formula is C10H14N4. The minimum atomic E-state index is 0.780. The van der Waals surface area contributed by atoms with Crippen LogP contribution in [0.2, 0.25) is 0 Å². The second kappa shape index (κ2) is 3.38. The molecular weight excluding hydrogens is 176 g/mol. The van der Waals surface area contributed by atoms with E-state index in [1.807, 2.05) is 24.6 Å². The van der Waals surface area contributed by atoms with Crippen molar-refractivity contribution in [1.82, 2.24) is 19.7 Å². The molecule has 0 aliphatic carbocycles. The third-order valence-corrected chi connectivity index (χ3v) is 2.17. The molecule has 0 spiro atoms. The fourth-order valence-corrected chi connectivity index (χ4v) is 1.58. The van der Waals surface area contributed by atoms with Crippen molar-refractivity contribution in [2.75, 3.05) is 7.05 Å². The molecule has 4 nitrogen and oxygen atoms in total. The summed E-state index contributed by atoms with van der Waals surface area (Å²) >= 11 is 0. The van der Waals surface area contributed by atoms with Crippen molar-refractivity contribution >= 4 is 5.78 Å². The highest BCUT2D eigenvalue weighted by atomic mass is 15.1. The van der Waals surface area contributed by atoms with E-state index in [0.717, 1.165) is 23.7 Å². The molecule has 0 bridgehead atoms. The SMILES string of the molecule is CNCc1cn2c(C)cc(C)nc2n1. The summed E-state index contributed by atoms with van der Waals surface area (Å²) in [6.07, 6.45) is 2.02. The fraction of sp³-hybridized carbons (Fsp3) is 0.400. The summed E-state index contributed by atoms with van der Waals surface area (Å²) in [5.41, 5.74) is 3.20. The molecule has 0 aromatic carbocycles. The third-order valence-electron chi connectivity index (χ3n) is 2.17. The average molecular weight is 190 g/mol. The minimum absolute atomic E-state index is 0.780. The van der Waals surface area contributed by atoms with Gasteiger partial charge in [-0.05, 0) is 27.0 Å². The van der Waals surface area contributed by atoms with Crippen LogP contribution in [0.4, 0.5) is 0 Å². The number of nitrogens with one attached hydrogen (secondary N) is 1. The maximum atomic E-state index is 4.41. The van der Waals surface area contributed by atoms with Crippen molar-refractivity contribution in [1.29, 1.82) is 0 Å². The Bertz CT molecular complexity index is 458. The largest absolute Gasteiger partial charge is 0.314 e. The Morgan fingerprint density at radius 3 is 2.86 bits per heavy atom. The topological polar surface area (TPSA) is 42.2 Å². The van der Waals surface area contributed by atoms with Gasteiger partial charge < -0.3 is 5.32 Å². The number of hydrogen-bond acceptors (Lipinski definition) is 3. The van der Waals surface area contributed by atoms with Gasteiger partial charge in [0.1, 0.15) is 0 Å². The molecule has 1 N–H and O–H groups in total. The summed E-state index contributed by atoms with van der Waals surface area (Å²) in [5.74, 6) is 0.785. The highest BCUT2D eigenvalue weighted by molar-refractivity contribution is 5.34. The second-order valence-electron chi connectivity index (χ2n) is 3.47. The van der Waals surface area contributed by atoms with E-state index in [9.17, 15) is 0 Å². The summed E-state index contributed by atoms with van der Waals surface area (Å²) in [6, 6.07) is 2.05. The monoisotopic (exact) mass is 190 g/mol. The predicted molar refractivity (Wildman–Crippen MR) is 55.2 cm³/mol. The molecule has 0 amide bonds. The molecule has 14 heavy (non-hydrogen) atoms. The molecule has 2 aromatic rings. The molecule has 0 atom stereocenters. The third kappa shape index (κ3) is 1.48. The molecule has 0 saturated carbocycles. The Morgan fingerprint density at radius 2 is 2.14 bits per heavy atom. The molecule has 0 radical (unpaired) electrons. The number of nitrogens with zero attached hydrogens (tertiary/aromatic N) is 3. The number of aromatic nitrogens is 3. The van der Waals surface area contributed by atoms with Gasteiger partial charge in [-0.2, -0.15) is 0 Å². The summed E-state index contributed by atoms with van der Waals surface area (Å²) < 4.78 is 2.01. The average Bonchev–Trinajstić information content (AvgIpc) is 2.48. The Labute approximate surface area is 83.0 Å². The lowest BCUT2D eigenvalue weighted by Gasteiger charge is -1.98. The summed E-state index contributed by atoms with van der Waals surface area (Å²) in [7, 11) is 1.91. The van der Waals surface area contributed by atoms with E-state index in [4.69, 9.17) is 0 Å². The molecule has 0 aliphatic heterocycles. The van der Waals surface area contributed by atoms with Gasteiger partial charge >= 0.3 is 0 Å². The zero-order valence-corrected chi connectivity index (χ0v) is 8.70. The highest BCUT2D eigenvalue weighted by Gasteiger charge is 2.04. The van der Waals surface area contributed by atoms with Crippen LogP contribution in [0.5, 0.6) is 0 Å². The van der Waals surface area contributed by atoms with Gasteiger partial charge in [0.15, 0.2) is 0 Å². The number of rotatable bonds is 2. The first-order chi connectivity index (χ1) is 6.70. The van der Waals surface area contributed by atoms with Gasteiger partial charge in [-0.15, -0.1) is 0 Å². The molecule has 74 valence electrons. The molecule has 0 saturated heterocycles. The van der Waals surface area contributed by atoms with Crippen LogP contribution in [0.15, 0.2) is 12.3 Å². The van der Waals surface area contributed by atoms with Crippen molar-refractivity contribution < 1.29 is 0 Å². The van der Waals surface area contributed by atoms with Crippen LogP contribution in [-0.2, 0) is 6.54 Å². The van der Waals surface area contributed by atoms with Crippen LogP contribution in [-0.4, -0.2) is 21.4 Å². The van der Waals surface area contributed by atoms with E-state index in [-0.39, 0.29) is 0 Å². The molecule has 0 unspecified atom stereocenters. The number of aryl methyl sites for hydroxylation is 2. The number of imidazole rings is 1. The summed E-state index contributed by atoms with van der Waals surface area (Å²) in [4.78, 5) is 8.78. The maximum Gasteiger partial charge on any atom is 0.234 e. The van der Waals surface area contributed by atoms with Crippen molar-refractivity contribution in [3.05, 3.63) is 29.3 Å². The minimum Gasteiger partial charge on any atom is -0.314 e. The van der Waals surface area contributed by atoms with E-state index in [1.165, 1.54) is 5.69 Å². The number of hydrogen-bond donors (Lipinski definition) is 1. The van der Waals surface area contributed by atoms with Gasteiger partial charge in [-0.1, -0.05) is 0 Å². The van der Waals surface area contributed by atoms with Crippen molar-refractivity contribution in [3.8, 4) is 0 Å². The van der Waals surface area contributed by atoms with E-state index < -0.39 is 0 Å². The molecule has 2 heterocycles. The van der Waals surface area contributed by atoms with Crippen LogP contribution < -0.4 is 5.32 Å². The van der Waals surface area contributed by atoms with Crippen LogP contribution >= 0.6 is 0 Å². The standard InChI is InChI=1S/C10H14N4/c1-7-4-8(2)14-6-9(5-11-3)13-10(14)12-7/h4,6,11H,5H2,1-3H3. The van der Waals surface area contributed by atoms with Gasteiger partial charge in [0.05, 0.1) is 5.69 Å². The molecule has 0 aliphatic rings. The summed E-state index contributed by atoms with van der Waals surface area (Å²) in [6.45, 7) is 4.83. The Morgan fingerprint density at radius 1 is 1.36 bits per heavy atom. The lowest BCUT2D eigenvalue weighted by atomic mass is 10.3. The maximum absolute atomic E-state index is 4.41. The Balaban J connectivity index is 2.58. The zero-order chi connectivity index (χ0) is 10.1. The zero-order valence-electron chi connectivity index (χ0n) is 8.70. The molecule has 0 fully saturated rings. The van der Waals surface area contributed by atoms with E-state index in [2.05, 4.69) is 28.3 Å². The van der Waals surface area contributed by atoms with Gasteiger partial charge in [-0.25, -0.2) is 9.97 Å². The first kappa shape index (κ1) is 9.15. The van der Waals surface area contributed by atoms with Crippen molar-refractivity contribution in [2.24, 2.45) is 0 Å². The fourth-order valence-electron chi connectivity index (χ4n) is 1.58. The lowest BCUT2D eigenvalue weighted by Crippen LogP contribution is -2.04. The van der Waals surface area contributed by atoms with Crippen molar-refractivity contribution in [3.63, 3.8) is 0 Å². The second-order valence-corrected chi connectivity index (χ2v) is 3.47. The first-order valence-corrected chi connectivity index (χ1v) is 4.67. The van der Waals surface area contributed by atoms with Crippen LogP contribution in [0.1, 0.15) is 17.1 Å². The normalized spacial score (nSPS) is 11.1. The molecule has 2 rings (SSSR count). The van der Waals surface area contributed by atoms with Gasteiger partial charge in [0, 0.05) is 24.1 Å². The van der Waals surface area contributed by atoms with E-state index >= 15 is 0 Å². The Kier molecular flexibility index (Phi) is 2.21. The van der Waals surface area contributed by atoms with Gasteiger partial charge in [-0.3, -0.25) is 4.40 Å². The Hall–Kier alpha value is -1.42. The first-order valence-electron chi connectivity index (χ1n) is 4.67. The lowest BCUT2D eigenvalue weighted by molar-refractivity contribution is 0.797. The molecule has 2 aromatic heterocycles. The number of fused-ring (bicyclic) bond motifs is 1. The highest BCUT2D eigenvalue weighted by Crippen LogP contribution is 2.07. The smallest absolute Gasteiger partial charge is 0.234 e. The van der Waals surface area contributed by atoms with E-state index in [1.54, 1.807) is 0 Å². The van der Waals surface area contributed by atoms with Gasteiger partial charge in [0.25, 0.3) is 0 Å². The van der Waals surface area contributed by atoms with Crippen LogP contribution in [0, 0.1) is 13.8 Å². The van der Waals surface area contributed by atoms with Crippen LogP contribution in [0.3, 0.4) is 0 Å². The van der Waals surface area contributed by atoms with Crippen LogP contribution in [0.25, 0.3) is 5.78 Å². The summed E-state index contributed by atoms with van der Waals surface area (Å²) in [5, 5.41) is 3.08. The molecule has 4 heteroatoms. The van der Waals surface area contributed by atoms with Crippen molar-refractivity contribution in [2.45, 2.75) is 20.4 Å². The van der Waals surface area contributed by atoms with E-state index in [0.29, 0.717) is 0 Å². The predicted octanol–water partition coefficient (Wildman–Crippen LogP) is 1.07. The quantitative estimate of drug-likeness (QED) is 0.770.